The van der Waals surface area contributed by atoms with Gasteiger partial charge in [0.1, 0.15) is 12.4 Å². The van der Waals surface area contributed by atoms with Crippen LogP contribution in [0.2, 0.25) is 0 Å². The van der Waals surface area contributed by atoms with E-state index in [1.807, 2.05) is 0 Å². The fourth-order valence-electron chi connectivity index (χ4n) is 2.89. The molecule has 2 heterocycles. The minimum atomic E-state index is -0.768. The van der Waals surface area contributed by atoms with E-state index in [1.54, 1.807) is 39.2 Å². The third-order valence-corrected chi connectivity index (χ3v) is 4.28. The van der Waals surface area contributed by atoms with Gasteiger partial charge in [-0.05, 0) is 25.5 Å². The molecule has 0 unspecified atom stereocenters. The van der Waals surface area contributed by atoms with Crippen LogP contribution in [0.3, 0.4) is 0 Å². The van der Waals surface area contributed by atoms with Gasteiger partial charge < -0.3 is 14.2 Å². The van der Waals surface area contributed by atoms with E-state index in [0.29, 0.717) is 23.6 Å². The van der Waals surface area contributed by atoms with E-state index in [1.165, 1.54) is 22.7 Å². The molecule has 0 aliphatic rings. The lowest BCUT2D eigenvalue weighted by molar-refractivity contribution is -0.147. The summed E-state index contributed by atoms with van der Waals surface area (Å²) < 4.78 is 18.2. The van der Waals surface area contributed by atoms with Crippen molar-refractivity contribution in [2.75, 3.05) is 20.8 Å². The number of rotatable bonds is 7. The number of fused-ring (bicyclic) bond motifs is 1. The predicted molar refractivity (Wildman–Crippen MR) is 100.0 cm³/mol. The fraction of sp³-hybridized carbons (Fsp3) is 0.389. The van der Waals surface area contributed by atoms with E-state index in [4.69, 9.17) is 14.2 Å². The average Bonchev–Trinajstić information content (AvgIpc) is 3.14. The van der Waals surface area contributed by atoms with Crippen LogP contribution in [0.25, 0.3) is 16.9 Å². The summed E-state index contributed by atoms with van der Waals surface area (Å²) in [5, 5.41) is 8.01. The van der Waals surface area contributed by atoms with E-state index in [0.717, 1.165) is 0 Å². The smallest absolute Gasteiger partial charge is 0.329 e. The van der Waals surface area contributed by atoms with Crippen molar-refractivity contribution in [3.05, 3.63) is 34.9 Å². The lowest BCUT2D eigenvalue weighted by atomic mass is 10.2. The maximum absolute atomic E-state index is 12.9. The van der Waals surface area contributed by atoms with Gasteiger partial charge in [0.25, 0.3) is 5.56 Å². The van der Waals surface area contributed by atoms with Gasteiger partial charge in [-0.3, -0.25) is 9.36 Å². The van der Waals surface area contributed by atoms with Crippen molar-refractivity contribution < 1.29 is 19.0 Å². The minimum Gasteiger partial charge on any atom is -0.493 e. The molecule has 10 heteroatoms. The van der Waals surface area contributed by atoms with Crippen molar-refractivity contribution in [2.45, 2.75) is 26.3 Å². The Morgan fingerprint density at radius 1 is 1.18 bits per heavy atom. The first-order valence-corrected chi connectivity index (χ1v) is 8.77. The third kappa shape index (κ3) is 3.28. The first-order chi connectivity index (χ1) is 13.5. The first-order valence-electron chi connectivity index (χ1n) is 8.77. The molecule has 0 saturated heterocycles. The van der Waals surface area contributed by atoms with Gasteiger partial charge in [-0.2, -0.15) is 4.68 Å². The molecule has 0 bridgehead atoms. The molecule has 0 radical (unpaired) electrons. The zero-order valence-electron chi connectivity index (χ0n) is 16.1. The second kappa shape index (κ2) is 8.07. The monoisotopic (exact) mass is 387 g/mol. The predicted octanol–water partition coefficient (Wildman–Crippen LogP) is 1.51. The molecule has 0 aliphatic heterocycles. The number of carbonyl (C=O) groups is 1. The lowest BCUT2D eigenvalue weighted by Crippen LogP contribution is -2.31. The highest BCUT2D eigenvalue weighted by molar-refractivity contribution is 5.75. The van der Waals surface area contributed by atoms with Crippen LogP contribution in [0.1, 0.15) is 26.3 Å². The first kappa shape index (κ1) is 19.3. The van der Waals surface area contributed by atoms with Crippen molar-refractivity contribution in [1.29, 1.82) is 0 Å². The summed E-state index contributed by atoms with van der Waals surface area (Å²) in [5.74, 6) is 0.581. The number of carbonyl (C=O) groups excluding carboxylic acids is 1. The molecular weight excluding hydrogens is 366 g/mol. The van der Waals surface area contributed by atoms with Gasteiger partial charge in [-0.1, -0.05) is 12.1 Å². The third-order valence-electron chi connectivity index (χ3n) is 4.28. The van der Waals surface area contributed by atoms with Gasteiger partial charge in [-0.25, -0.2) is 9.78 Å². The lowest BCUT2D eigenvalue weighted by Gasteiger charge is -2.15. The van der Waals surface area contributed by atoms with E-state index in [9.17, 15) is 9.59 Å². The molecule has 0 aliphatic carbocycles. The molecule has 3 rings (SSSR count). The van der Waals surface area contributed by atoms with Crippen LogP contribution < -0.4 is 15.0 Å². The van der Waals surface area contributed by atoms with Crippen LogP contribution >= 0.6 is 0 Å². The highest BCUT2D eigenvalue weighted by Gasteiger charge is 2.24. The molecule has 0 N–H and O–H groups in total. The van der Waals surface area contributed by atoms with E-state index >= 15 is 0 Å². The van der Waals surface area contributed by atoms with Crippen LogP contribution in [0.5, 0.6) is 11.5 Å². The van der Waals surface area contributed by atoms with Crippen LogP contribution in [0.4, 0.5) is 0 Å². The number of methoxy groups -OCH3 is 2. The number of nitrogens with zero attached hydrogens (tertiary/aromatic N) is 5. The topological polar surface area (TPSA) is 110 Å². The normalized spacial score (nSPS) is 12.0. The van der Waals surface area contributed by atoms with Crippen molar-refractivity contribution in [3.8, 4) is 17.2 Å². The van der Waals surface area contributed by atoms with E-state index < -0.39 is 17.6 Å². The molecule has 0 fully saturated rings. The second-order valence-electron chi connectivity index (χ2n) is 5.85. The highest BCUT2D eigenvalue weighted by Crippen LogP contribution is 2.29. The molecule has 0 spiro atoms. The van der Waals surface area contributed by atoms with Crippen LogP contribution in [0, 0.1) is 0 Å². The zero-order valence-corrected chi connectivity index (χ0v) is 16.1. The Balaban J connectivity index is 2.09. The summed E-state index contributed by atoms with van der Waals surface area (Å²) in [6.45, 7) is 3.73. The molecule has 0 saturated carbocycles. The Bertz CT molecular complexity index is 1060. The number of hydrogen-bond donors (Lipinski definition) is 0. The molecule has 0 amide bonds. The molecular formula is C18H21N5O5. The molecule has 1 atom stereocenters. The molecule has 2 aromatic heterocycles. The standard InChI is InChI=1S/C18H21N5O5/c1-5-12(18(25)28-6-2)22-10-19-16-15(17(22)24)20-21-23(16)11-7-8-13(26-3)14(9-11)27-4/h7-10,12H,5-6H2,1-4H3/t12-/m1/s1. The number of ether oxygens (including phenoxy) is 3. The molecule has 3 aromatic rings. The Morgan fingerprint density at radius 2 is 1.93 bits per heavy atom. The minimum absolute atomic E-state index is 0.0556. The summed E-state index contributed by atoms with van der Waals surface area (Å²) in [5.41, 5.74) is 0.464. The zero-order chi connectivity index (χ0) is 20.3. The van der Waals surface area contributed by atoms with Crippen LogP contribution in [-0.2, 0) is 9.53 Å². The maximum atomic E-state index is 12.9. The van der Waals surface area contributed by atoms with E-state index in [-0.39, 0.29) is 17.8 Å². The van der Waals surface area contributed by atoms with Crippen molar-refractivity contribution in [1.82, 2.24) is 24.5 Å². The summed E-state index contributed by atoms with van der Waals surface area (Å²) in [4.78, 5) is 29.3. The van der Waals surface area contributed by atoms with E-state index in [2.05, 4.69) is 15.3 Å². The summed E-state index contributed by atoms with van der Waals surface area (Å²) in [6, 6.07) is 4.40. The van der Waals surface area contributed by atoms with Crippen molar-refractivity contribution >= 4 is 17.1 Å². The Morgan fingerprint density at radius 3 is 2.57 bits per heavy atom. The number of esters is 1. The quantitative estimate of drug-likeness (QED) is 0.561. The van der Waals surface area contributed by atoms with Gasteiger partial charge in [0.05, 0.1) is 26.5 Å². The fourth-order valence-corrected chi connectivity index (χ4v) is 2.89. The second-order valence-corrected chi connectivity index (χ2v) is 5.85. The molecule has 10 nitrogen and oxygen atoms in total. The van der Waals surface area contributed by atoms with Crippen molar-refractivity contribution in [3.63, 3.8) is 0 Å². The number of benzene rings is 1. The Kier molecular flexibility index (Phi) is 5.57. The van der Waals surface area contributed by atoms with Crippen LogP contribution in [0.15, 0.2) is 29.3 Å². The summed E-state index contributed by atoms with van der Waals surface area (Å²) >= 11 is 0. The summed E-state index contributed by atoms with van der Waals surface area (Å²) in [6.07, 6.45) is 1.70. The molecule has 1 aromatic carbocycles. The number of hydrogen-bond acceptors (Lipinski definition) is 8. The van der Waals surface area contributed by atoms with Crippen LogP contribution in [-0.4, -0.2) is 51.3 Å². The van der Waals surface area contributed by atoms with Gasteiger partial charge >= 0.3 is 5.97 Å². The van der Waals surface area contributed by atoms with Gasteiger partial charge in [0.15, 0.2) is 22.7 Å². The molecule has 148 valence electrons. The Hall–Kier alpha value is -3.43. The maximum Gasteiger partial charge on any atom is 0.329 e. The average molecular weight is 387 g/mol. The van der Waals surface area contributed by atoms with Crippen molar-refractivity contribution in [2.24, 2.45) is 0 Å². The highest BCUT2D eigenvalue weighted by atomic mass is 16.5. The largest absolute Gasteiger partial charge is 0.493 e. The summed E-state index contributed by atoms with van der Waals surface area (Å²) in [7, 11) is 3.07. The Labute approximate surface area is 160 Å². The number of aromatic nitrogens is 5. The SMILES string of the molecule is CCOC(=O)[C@@H](CC)n1cnc2c(nnn2-c2ccc(OC)c(OC)c2)c1=O. The van der Waals surface area contributed by atoms with Gasteiger partial charge in [0.2, 0.25) is 0 Å². The molecule has 28 heavy (non-hydrogen) atoms. The van der Waals surface area contributed by atoms with Gasteiger partial charge in [0, 0.05) is 6.07 Å². The van der Waals surface area contributed by atoms with Gasteiger partial charge in [-0.15, -0.1) is 5.10 Å².